The summed E-state index contributed by atoms with van der Waals surface area (Å²) in [6, 6.07) is 15.4. The van der Waals surface area contributed by atoms with Gasteiger partial charge in [0.25, 0.3) is 0 Å². The molecule has 2 aliphatic rings. The highest BCUT2D eigenvalue weighted by atomic mass is 79.9. The summed E-state index contributed by atoms with van der Waals surface area (Å²) >= 11 is 7.33. The molecular formula is C19H14Br2. The second-order valence-corrected chi connectivity index (χ2v) is 9.52. The molecule has 0 radical (unpaired) electrons. The number of fused-ring (bicyclic) bond motifs is 3. The first-order chi connectivity index (χ1) is 10.1. The van der Waals surface area contributed by atoms with Crippen LogP contribution in [-0.2, 0) is 6.42 Å². The smallest absolute Gasteiger partial charge is 0.0741 e. The van der Waals surface area contributed by atoms with E-state index in [4.69, 9.17) is 0 Å². The van der Waals surface area contributed by atoms with Gasteiger partial charge in [-0.15, -0.1) is 0 Å². The van der Waals surface area contributed by atoms with Crippen LogP contribution in [0.5, 0.6) is 0 Å². The third-order valence-electron chi connectivity index (χ3n) is 4.26. The fourth-order valence-corrected chi connectivity index (χ4v) is 3.81. The lowest BCUT2D eigenvalue weighted by Gasteiger charge is -2.20. The van der Waals surface area contributed by atoms with Crippen LogP contribution >= 0.6 is 31.9 Å². The summed E-state index contributed by atoms with van der Waals surface area (Å²) in [5.41, 5.74) is 8.39. The van der Waals surface area contributed by atoms with Crippen LogP contribution in [0.2, 0.25) is 0 Å². The second-order valence-electron chi connectivity index (χ2n) is 5.62. The Balaban J connectivity index is 1.81. The summed E-state index contributed by atoms with van der Waals surface area (Å²) in [5, 5.41) is 0. The minimum Gasteiger partial charge on any atom is -0.0741 e. The van der Waals surface area contributed by atoms with Gasteiger partial charge < -0.3 is 0 Å². The normalized spacial score (nSPS) is 18.1. The topological polar surface area (TPSA) is 0 Å². The molecule has 4 rings (SSSR count). The first-order valence-corrected chi connectivity index (χ1v) is 8.70. The molecule has 104 valence electrons. The van der Waals surface area contributed by atoms with Gasteiger partial charge in [0.1, 0.15) is 3.23 Å². The van der Waals surface area contributed by atoms with Gasteiger partial charge in [-0.2, -0.15) is 0 Å². The highest BCUT2D eigenvalue weighted by molar-refractivity contribution is 9.25. The summed E-state index contributed by atoms with van der Waals surface area (Å²) in [7, 11) is 0. The van der Waals surface area contributed by atoms with Crippen LogP contribution in [0.3, 0.4) is 0 Å². The number of halogens is 2. The summed E-state index contributed by atoms with van der Waals surface area (Å²) in [6.07, 6.45) is 8.70. The summed E-state index contributed by atoms with van der Waals surface area (Å²) in [4.78, 5) is 0. The number of alkyl halides is 2. The van der Waals surface area contributed by atoms with Crippen LogP contribution in [0, 0.1) is 0 Å². The number of benzene rings is 2. The van der Waals surface area contributed by atoms with E-state index in [0.29, 0.717) is 0 Å². The molecule has 21 heavy (non-hydrogen) atoms. The third-order valence-corrected chi connectivity index (χ3v) is 5.44. The van der Waals surface area contributed by atoms with E-state index in [1.165, 1.54) is 33.4 Å². The Morgan fingerprint density at radius 3 is 2.43 bits per heavy atom. The Hall–Kier alpha value is -1.12. The van der Waals surface area contributed by atoms with Gasteiger partial charge >= 0.3 is 0 Å². The Morgan fingerprint density at radius 1 is 0.857 bits per heavy atom. The molecule has 0 unspecified atom stereocenters. The van der Waals surface area contributed by atoms with Gasteiger partial charge in [-0.3, -0.25) is 0 Å². The van der Waals surface area contributed by atoms with Crippen molar-refractivity contribution in [2.24, 2.45) is 0 Å². The van der Waals surface area contributed by atoms with Crippen molar-refractivity contribution in [3.63, 3.8) is 0 Å². The molecule has 0 aromatic heterocycles. The molecule has 2 aromatic rings. The van der Waals surface area contributed by atoms with Crippen molar-refractivity contribution in [3.8, 4) is 11.1 Å². The van der Waals surface area contributed by atoms with Crippen molar-refractivity contribution >= 4 is 37.4 Å². The van der Waals surface area contributed by atoms with Crippen molar-refractivity contribution < 1.29 is 0 Å². The zero-order valence-electron chi connectivity index (χ0n) is 11.4. The van der Waals surface area contributed by atoms with Gasteiger partial charge in [0.2, 0.25) is 0 Å². The van der Waals surface area contributed by atoms with Crippen molar-refractivity contribution in [2.45, 2.75) is 16.1 Å². The van der Waals surface area contributed by atoms with Crippen LogP contribution in [0.4, 0.5) is 0 Å². The van der Waals surface area contributed by atoms with E-state index < -0.39 is 0 Å². The van der Waals surface area contributed by atoms with Gasteiger partial charge in [-0.25, -0.2) is 0 Å². The lowest BCUT2D eigenvalue weighted by atomic mass is 9.92. The van der Waals surface area contributed by atoms with Crippen molar-refractivity contribution in [1.82, 2.24) is 0 Å². The molecule has 0 heterocycles. The minimum absolute atomic E-state index is 0.0790. The maximum Gasteiger partial charge on any atom is 0.102 e. The molecule has 0 saturated carbocycles. The molecular weight excluding hydrogens is 388 g/mol. The fourth-order valence-electron chi connectivity index (χ4n) is 3.22. The molecule has 0 aliphatic heterocycles. The van der Waals surface area contributed by atoms with Crippen LogP contribution < -0.4 is 0 Å². The van der Waals surface area contributed by atoms with Crippen LogP contribution in [-0.4, -0.2) is 3.23 Å². The minimum atomic E-state index is -0.0790. The quantitative estimate of drug-likeness (QED) is 0.433. The van der Waals surface area contributed by atoms with Gasteiger partial charge in [-0.05, 0) is 46.2 Å². The molecule has 0 atom stereocenters. The number of hydrogen-bond donors (Lipinski definition) is 0. The van der Waals surface area contributed by atoms with Crippen LogP contribution in [0.1, 0.15) is 23.1 Å². The van der Waals surface area contributed by atoms with E-state index in [0.717, 1.165) is 12.8 Å². The van der Waals surface area contributed by atoms with Crippen molar-refractivity contribution in [3.05, 3.63) is 77.4 Å². The van der Waals surface area contributed by atoms with Crippen molar-refractivity contribution in [2.75, 3.05) is 0 Å². The predicted molar refractivity (Wildman–Crippen MR) is 97.0 cm³/mol. The first kappa shape index (κ1) is 13.5. The molecule has 0 amide bonds. The molecule has 0 spiro atoms. The summed E-state index contributed by atoms with van der Waals surface area (Å²) in [6.45, 7) is 0. The standard InChI is InChI=1S/C19H14Br2/c20-19(21)10-8-13(9-11-19)15-6-3-7-17-16-5-2-1-4-14(16)12-18(15)17/h1-10H,11-12H2. The molecule has 2 aliphatic carbocycles. The Kier molecular flexibility index (Phi) is 3.20. The van der Waals surface area contributed by atoms with E-state index in [1.54, 1.807) is 0 Å². The zero-order valence-corrected chi connectivity index (χ0v) is 14.6. The molecule has 2 heteroatoms. The van der Waals surface area contributed by atoms with Gasteiger partial charge in [0, 0.05) is 0 Å². The molecule has 2 aromatic carbocycles. The molecule has 0 saturated heterocycles. The zero-order chi connectivity index (χ0) is 14.4. The predicted octanol–water partition coefficient (Wildman–Crippen LogP) is 6.09. The number of rotatable bonds is 1. The maximum absolute atomic E-state index is 3.66. The van der Waals surface area contributed by atoms with E-state index in [-0.39, 0.29) is 3.23 Å². The van der Waals surface area contributed by atoms with Gasteiger partial charge in [0.05, 0.1) is 0 Å². The SMILES string of the molecule is BrC1(Br)C=CC(c2cccc3c2Cc2ccccc2-3)=CC1. The monoisotopic (exact) mass is 400 g/mol. The molecule has 0 fully saturated rings. The second kappa shape index (κ2) is 4.96. The number of allylic oxidation sites excluding steroid dienone is 4. The van der Waals surface area contributed by atoms with Crippen molar-refractivity contribution in [1.29, 1.82) is 0 Å². The van der Waals surface area contributed by atoms with E-state index in [2.05, 4.69) is 92.6 Å². The summed E-state index contributed by atoms with van der Waals surface area (Å²) < 4.78 is -0.0790. The van der Waals surface area contributed by atoms with Gasteiger partial charge in [0.15, 0.2) is 0 Å². The van der Waals surface area contributed by atoms with E-state index in [9.17, 15) is 0 Å². The lowest BCUT2D eigenvalue weighted by molar-refractivity contribution is 1.03. The molecule has 0 nitrogen and oxygen atoms in total. The number of hydrogen-bond acceptors (Lipinski definition) is 0. The Morgan fingerprint density at radius 2 is 1.62 bits per heavy atom. The van der Waals surface area contributed by atoms with E-state index in [1.807, 2.05) is 0 Å². The fraction of sp³-hybridized carbons (Fsp3) is 0.158. The lowest BCUT2D eigenvalue weighted by Crippen LogP contribution is -2.08. The average molecular weight is 402 g/mol. The summed E-state index contributed by atoms with van der Waals surface area (Å²) in [5.74, 6) is 0. The highest BCUT2D eigenvalue weighted by Crippen LogP contribution is 2.43. The van der Waals surface area contributed by atoms with Crippen LogP contribution in [0.25, 0.3) is 16.7 Å². The Labute approximate surface area is 141 Å². The molecule has 0 bridgehead atoms. The maximum atomic E-state index is 3.66. The van der Waals surface area contributed by atoms with Gasteiger partial charge in [-0.1, -0.05) is 92.6 Å². The third kappa shape index (κ3) is 2.35. The Bertz CT molecular complexity index is 782. The first-order valence-electron chi connectivity index (χ1n) is 7.12. The average Bonchev–Trinajstić information content (AvgIpc) is 2.86. The largest absolute Gasteiger partial charge is 0.102 e. The van der Waals surface area contributed by atoms with E-state index >= 15 is 0 Å². The highest BCUT2D eigenvalue weighted by Gasteiger charge is 2.24. The molecule has 0 N–H and O–H groups in total. The van der Waals surface area contributed by atoms with Crippen LogP contribution in [0.15, 0.2) is 60.7 Å².